The number of carbonyl (C=O) groups is 1. The molecule has 98 valence electrons. The Hall–Kier alpha value is -0.650. The Kier molecular flexibility index (Phi) is 4.01. The van der Waals surface area contributed by atoms with E-state index in [-0.39, 0.29) is 12.0 Å². The van der Waals surface area contributed by atoms with Gasteiger partial charge in [-0.1, -0.05) is 0 Å². The highest BCUT2D eigenvalue weighted by molar-refractivity contribution is 5.71. The van der Waals surface area contributed by atoms with Crippen LogP contribution in [0.15, 0.2) is 0 Å². The van der Waals surface area contributed by atoms with E-state index < -0.39 is 5.97 Å². The van der Waals surface area contributed by atoms with Crippen LogP contribution < -0.4 is 0 Å². The van der Waals surface area contributed by atoms with Crippen LogP contribution in [0.3, 0.4) is 0 Å². The first-order valence-electron chi connectivity index (χ1n) is 6.30. The quantitative estimate of drug-likeness (QED) is 0.761. The van der Waals surface area contributed by atoms with Crippen LogP contribution >= 0.6 is 0 Å². The fourth-order valence-corrected chi connectivity index (χ4v) is 2.85. The number of likely N-dealkylation sites (tertiary alicyclic amines) is 1. The first kappa shape index (κ1) is 12.8. The lowest BCUT2D eigenvalue weighted by molar-refractivity contribution is -0.143. The van der Waals surface area contributed by atoms with Gasteiger partial charge in [-0.15, -0.1) is 0 Å². The molecule has 2 atom stereocenters. The van der Waals surface area contributed by atoms with Crippen LogP contribution in [0, 0.1) is 5.92 Å². The second-order valence-electron chi connectivity index (χ2n) is 5.25. The standard InChI is InChI=1S/C12H22N2O3/c1-13-5-3-9(4-6-13)14(2)11-8-17-7-10(11)12(15)16/h9-11H,3-8H2,1-2H3,(H,15,16). The van der Waals surface area contributed by atoms with Gasteiger partial charge in [-0.3, -0.25) is 9.69 Å². The highest BCUT2D eigenvalue weighted by Gasteiger charge is 2.39. The van der Waals surface area contributed by atoms with Crippen molar-refractivity contribution in [1.29, 1.82) is 0 Å². The van der Waals surface area contributed by atoms with E-state index in [9.17, 15) is 4.79 Å². The highest BCUT2D eigenvalue weighted by atomic mass is 16.5. The lowest BCUT2D eigenvalue weighted by Gasteiger charge is -2.38. The topological polar surface area (TPSA) is 53.0 Å². The third-order valence-electron chi connectivity index (χ3n) is 4.15. The first-order chi connectivity index (χ1) is 8.09. The van der Waals surface area contributed by atoms with E-state index in [2.05, 4.69) is 16.8 Å². The molecule has 0 aromatic rings. The van der Waals surface area contributed by atoms with Crippen molar-refractivity contribution in [2.45, 2.75) is 24.9 Å². The van der Waals surface area contributed by atoms with Crippen LogP contribution in [0.1, 0.15) is 12.8 Å². The molecule has 2 fully saturated rings. The van der Waals surface area contributed by atoms with Gasteiger partial charge in [-0.05, 0) is 40.0 Å². The SMILES string of the molecule is CN1CCC(N(C)C2COCC2C(=O)O)CC1. The summed E-state index contributed by atoms with van der Waals surface area (Å²) in [7, 11) is 4.18. The number of ether oxygens (including phenoxy) is 1. The molecule has 0 amide bonds. The van der Waals surface area contributed by atoms with Gasteiger partial charge in [0, 0.05) is 12.1 Å². The van der Waals surface area contributed by atoms with E-state index in [1.807, 2.05) is 7.05 Å². The van der Waals surface area contributed by atoms with Crippen molar-refractivity contribution in [2.75, 3.05) is 40.4 Å². The van der Waals surface area contributed by atoms with Crippen molar-refractivity contribution in [3.8, 4) is 0 Å². The molecule has 1 N–H and O–H groups in total. The predicted octanol–water partition coefficient (Wildman–Crippen LogP) is 0.112. The van der Waals surface area contributed by atoms with Gasteiger partial charge in [0.05, 0.1) is 19.1 Å². The number of piperidine rings is 1. The minimum absolute atomic E-state index is 0.0425. The number of hydrogen-bond donors (Lipinski definition) is 1. The van der Waals surface area contributed by atoms with Crippen molar-refractivity contribution in [1.82, 2.24) is 9.80 Å². The van der Waals surface area contributed by atoms with Gasteiger partial charge in [0.1, 0.15) is 0 Å². The fraction of sp³-hybridized carbons (Fsp3) is 0.917. The van der Waals surface area contributed by atoms with Gasteiger partial charge in [0.25, 0.3) is 0 Å². The van der Waals surface area contributed by atoms with Crippen LogP contribution in [-0.2, 0) is 9.53 Å². The summed E-state index contributed by atoms with van der Waals surface area (Å²) >= 11 is 0. The van der Waals surface area contributed by atoms with Gasteiger partial charge < -0.3 is 14.7 Å². The molecule has 0 aromatic heterocycles. The number of likely N-dealkylation sites (N-methyl/N-ethyl adjacent to an activating group) is 1. The fourth-order valence-electron chi connectivity index (χ4n) is 2.85. The lowest BCUT2D eigenvalue weighted by Crippen LogP contribution is -2.50. The van der Waals surface area contributed by atoms with Gasteiger partial charge in [-0.2, -0.15) is 0 Å². The second-order valence-corrected chi connectivity index (χ2v) is 5.25. The molecule has 0 aliphatic carbocycles. The normalized spacial score (nSPS) is 32.2. The van der Waals surface area contributed by atoms with Crippen molar-refractivity contribution in [3.63, 3.8) is 0 Å². The number of carboxylic acids is 1. The van der Waals surface area contributed by atoms with Crippen LogP contribution in [0.4, 0.5) is 0 Å². The lowest BCUT2D eigenvalue weighted by atomic mass is 9.97. The van der Waals surface area contributed by atoms with E-state index in [0.717, 1.165) is 25.9 Å². The number of aliphatic carboxylic acids is 1. The summed E-state index contributed by atoms with van der Waals surface area (Å²) in [6.07, 6.45) is 2.24. The molecular weight excluding hydrogens is 220 g/mol. The third-order valence-corrected chi connectivity index (χ3v) is 4.15. The molecule has 0 spiro atoms. The summed E-state index contributed by atoms with van der Waals surface area (Å²) < 4.78 is 5.33. The van der Waals surface area contributed by atoms with E-state index in [4.69, 9.17) is 9.84 Å². The van der Waals surface area contributed by atoms with E-state index in [1.165, 1.54) is 0 Å². The molecule has 5 nitrogen and oxygen atoms in total. The van der Waals surface area contributed by atoms with Crippen LogP contribution in [0.5, 0.6) is 0 Å². The maximum absolute atomic E-state index is 11.1. The zero-order valence-electron chi connectivity index (χ0n) is 10.6. The number of hydrogen-bond acceptors (Lipinski definition) is 4. The molecule has 2 aliphatic heterocycles. The van der Waals surface area contributed by atoms with E-state index in [0.29, 0.717) is 19.3 Å². The Labute approximate surface area is 102 Å². The molecule has 2 heterocycles. The molecule has 2 unspecified atom stereocenters. The molecule has 0 aromatic carbocycles. The molecule has 2 rings (SSSR count). The summed E-state index contributed by atoms with van der Waals surface area (Å²) in [6.45, 7) is 3.11. The van der Waals surface area contributed by atoms with Crippen molar-refractivity contribution < 1.29 is 14.6 Å². The predicted molar refractivity (Wildman–Crippen MR) is 64.0 cm³/mol. The molecular formula is C12H22N2O3. The summed E-state index contributed by atoms with van der Waals surface area (Å²) in [5.41, 5.74) is 0. The average Bonchev–Trinajstić information content (AvgIpc) is 2.78. The van der Waals surface area contributed by atoms with Crippen LogP contribution in [0.2, 0.25) is 0 Å². The van der Waals surface area contributed by atoms with Gasteiger partial charge >= 0.3 is 5.97 Å². The summed E-state index contributed by atoms with van der Waals surface area (Å²) in [5, 5.41) is 9.16. The Bertz CT molecular complexity index is 277. The maximum atomic E-state index is 11.1. The Morgan fingerprint density at radius 3 is 2.59 bits per heavy atom. The Morgan fingerprint density at radius 1 is 1.35 bits per heavy atom. The molecule has 17 heavy (non-hydrogen) atoms. The summed E-state index contributed by atoms with van der Waals surface area (Å²) in [6, 6.07) is 0.542. The number of rotatable bonds is 3. The summed E-state index contributed by atoms with van der Waals surface area (Å²) in [4.78, 5) is 15.7. The molecule has 0 saturated carbocycles. The largest absolute Gasteiger partial charge is 0.481 e. The highest BCUT2D eigenvalue weighted by Crippen LogP contribution is 2.24. The monoisotopic (exact) mass is 242 g/mol. The number of carboxylic acid groups (broad SMARTS) is 1. The van der Waals surface area contributed by atoms with E-state index in [1.54, 1.807) is 0 Å². The van der Waals surface area contributed by atoms with Crippen LogP contribution in [0.25, 0.3) is 0 Å². The molecule has 0 radical (unpaired) electrons. The molecule has 2 saturated heterocycles. The Morgan fingerprint density at radius 2 is 2.00 bits per heavy atom. The van der Waals surface area contributed by atoms with Gasteiger partial charge in [0.15, 0.2) is 0 Å². The zero-order valence-corrected chi connectivity index (χ0v) is 10.6. The number of nitrogens with zero attached hydrogens (tertiary/aromatic N) is 2. The van der Waals surface area contributed by atoms with Crippen molar-refractivity contribution in [2.24, 2.45) is 5.92 Å². The van der Waals surface area contributed by atoms with Crippen molar-refractivity contribution in [3.05, 3.63) is 0 Å². The van der Waals surface area contributed by atoms with Crippen LogP contribution in [-0.4, -0.2) is 73.4 Å². The minimum atomic E-state index is -0.729. The Balaban J connectivity index is 1.94. The van der Waals surface area contributed by atoms with E-state index >= 15 is 0 Å². The van der Waals surface area contributed by atoms with Gasteiger partial charge in [-0.25, -0.2) is 0 Å². The molecule has 2 aliphatic rings. The molecule has 5 heteroatoms. The second kappa shape index (κ2) is 5.33. The van der Waals surface area contributed by atoms with Crippen molar-refractivity contribution >= 4 is 5.97 Å². The molecule has 0 bridgehead atoms. The average molecular weight is 242 g/mol. The summed E-state index contributed by atoms with van der Waals surface area (Å²) in [5.74, 6) is -1.09. The maximum Gasteiger partial charge on any atom is 0.310 e. The van der Waals surface area contributed by atoms with Gasteiger partial charge in [0.2, 0.25) is 0 Å². The zero-order chi connectivity index (χ0) is 12.4. The smallest absolute Gasteiger partial charge is 0.310 e. The first-order valence-corrected chi connectivity index (χ1v) is 6.30. The third kappa shape index (κ3) is 2.78. The minimum Gasteiger partial charge on any atom is -0.481 e.